The molecule has 5 nitrogen and oxygen atoms in total. The molecule has 1 aromatic carbocycles. The lowest BCUT2D eigenvalue weighted by molar-refractivity contribution is -0.115. The van der Waals surface area contributed by atoms with E-state index in [9.17, 15) is 4.79 Å². The van der Waals surface area contributed by atoms with Gasteiger partial charge in [-0.25, -0.2) is 0 Å². The van der Waals surface area contributed by atoms with Gasteiger partial charge in [-0.15, -0.1) is 0 Å². The van der Waals surface area contributed by atoms with Crippen LogP contribution >= 0.6 is 12.2 Å². The summed E-state index contributed by atoms with van der Waals surface area (Å²) >= 11 is 5.15. The van der Waals surface area contributed by atoms with Crippen molar-refractivity contribution in [3.05, 3.63) is 54.5 Å². The second-order valence-electron chi connectivity index (χ2n) is 5.01. The van der Waals surface area contributed by atoms with Gasteiger partial charge in [-0.1, -0.05) is 0 Å². The first-order valence-corrected chi connectivity index (χ1v) is 8.21. The number of carbonyl (C=O) groups is 1. The number of anilines is 2. The number of furan rings is 1. The zero-order chi connectivity index (χ0) is 17.4. The maximum absolute atomic E-state index is 11.8. The summed E-state index contributed by atoms with van der Waals surface area (Å²) < 4.78 is 5.11. The van der Waals surface area contributed by atoms with Crippen molar-refractivity contribution in [2.75, 3.05) is 23.3 Å². The molecule has 0 atom stereocenters. The van der Waals surface area contributed by atoms with Crippen molar-refractivity contribution in [1.82, 2.24) is 5.32 Å². The molecule has 6 heteroatoms. The van der Waals surface area contributed by atoms with Gasteiger partial charge in [0.05, 0.1) is 6.26 Å². The summed E-state index contributed by atoms with van der Waals surface area (Å²) in [6.45, 7) is 6.16. The van der Waals surface area contributed by atoms with E-state index < -0.39 is 0 Å². The standard InChI is InChI=1S/C18H21N3O2S/c1-3-21(4-2)15-9-7-14(8-10-15)19-18(24)20-17(22)12-11-16-6-5-13-23-16/h5-13H,3-4H2,1-2H3,(H2,19,20,22,24). The highest BCUT2D eigenvalue weighted by Gasteiger charge is 2.04. The zero-order valence-corrected chi connectivity index (χ0v) is 14.6. The van der Waals surface area contributed by atoms with E-state index in [-0.39, 0.29) is 11.0 Å². The Balaban J connectivity index is 1.86. The first-order valence-electron chi connectivity index (χ1n) is 7.81. The minimum absolute atomic E-state index is 0.250. The number of thiocarbonyl (C=S) groups is 1. The highest BCUT2D eigenvalue weighted by molar-refractivity contribution is 7.80. The van der Waals surface area contributed by atoms with Crippen molar-refractivity contribution in [1.29, 1.82) is 0 Å². The van der Waals surface area contributed by atoms with Crippen LogP contribution < -0.4 is 15.5 Å². The number of nitrogens with one attached hydrogen (secondary N) is 2. The van der Waals surface area contributed by atoms with E-state index in [0.717, 1.165) is 24.5 Å². The summed E-state index contributed by atoms with van der Waals surface area (Å²) in [5.41, 5.74) is 1.98. The van der Waals surface area contributed by atoms with Crippen LogP contribution in [0.15, 0.2) is 53.2 Å². The first kappa shape index (κ1) is 17.7. The van der Waals surface area contributed by atoms with Gasteiger partial charge in [-0.3, -0.25) is 10.1 Å². The van der Waals surface area contributed by atoms with Gasteiger partial charge in [0.15, 0.2) is 5.11 Å². The summed E-state index contributed by atoms with van der Waals surface area (Å²) in [4.78, 5) is 14.0. The topological polar surface area (TPSA) is 57.5 Å². The fraction of sp³-hybridized carbons (Fsp3) is 0.222. The molecule has 1 heterocycles. The average molecular weight is 343 g/mol. The molecule has 0 spiro atoms. The van der Waals surface area contributed by atoms with Gasteiger partial charge in [-0.2, -0.15) is 0 Å². The van der Waals surface area contributed by atoms with Crippen LogP contribution in [0.4, 0.5) is 11.4 Å². The lowest BCUT2D eigenvalue weighted by atomic mass is 10.2. The fourth-order valence-corrected chi connectivity index (χ4v) is 2.42. The molecule has 0 aliphatic rings. The summed E-state index contributed by atoms with van der Waals surface area (Å²) in [5.74, 6) is 0.291. The van der Waals surface area contributed by atoms with E-state index in [0.29, 0.717) is 5.76 Å². The minimum Gasteiger partial charge on any atom is -0.465 e. The van der Waals surface area contributed by atoms with Crippen molar-refractivity contribution in [3.63, 3.8) is 0 Å². The Bertz CT molecular complexity index is 690. The molecule has 0 bridgehead atoms. The van der Waals surface area contributed by atoms with Crippen LogP contribution in [0.3, 0.4) is 0 Å². The predicted molar refractivity (Wildman–Crippen MR) is 102 cm³/mol. The van der Waals surface area contributed by atoms with Crippen molar-refractivity contribution in [3.8, 4) is 0 Å². The number of benzene rings is 1. The van der Waals surface area contributed by atoms with Crippen LogP contribution in [0.5, 0.6) is 0 Å². The molecule has 0 aliphatic heterocycles. The number of hydrogen-bond donors (Lipinski definition) is 2. The molecule has 2 aromatic rings. The Morgan fingerprint density at radius 3 is 2.50 bits per heavy atom. The maximum atomic E-state index is 11.8. The highest BCUT2D eigenvalue weighted by Crippen LogP contribution is 2.17. The van der Waals surface area contributed by atoms with Crippen molar-refractivity contribution >= 4 is 40.7 Å². The summed E-state index contributed by atoms with van der Waals surface area (Å²) in [5, 5.41) is 5.83. The zero-order valence-electron chi connectivity index (χ0n) is 13.8. The molecular formula is C18H21N3O2S. The normalized spacial score (nSPS) is 10.6. The third-order valence-corrected chi connectivity index (χ3v) is 3.64. The van der Waals surface area contributed by atoms with Crippen LogP contribution in [0.2, 0.25) is 0 Å². The molecule has 0 saturated heterocycles. The van der Waals surface area contributed by atoms with Crippen LogP contribution in [-0.4, -0.2) is 24.1 Å². The molecule has 2 N–H and O–H groups in total. The smallest absolute Gasteiger partial charge is 0.250 e. The van der Waals surface area contributed by atoms with Gasteiger partial charge in [0, 0.05) is 30.5 Å². The molecule has 0 saturated carbocycles. The second kappa shape index (κ2) is 8.88. The summed E-state index contributed by atoms with van der Waals surface area (Å²) in [6.07, 6.45) is 4.50. The van der Waals surface area contributed by atoms with Gasteiger partial charge in [-0.05, 0) is 68.5 Å². The summed E-state index contributed by atoms with van der Waals surface area (Å²) in [6, 6.07) is 11.4. The largest absolute Gasteiger partial charge is 0.465 e. The monoisotopic (exact) mass is 343 g/mol. The van der Waals surface area contributed by atoms with Crippen LogP contribution in [-0.2, 0) is 4.79 Å². The maximum Gasteiger partial charge on any atom is 0.250 e. The Morgan fingerprint density at radius 2 is 1.92 bits per heavy atom. The van der Waals surface area contributed by atoms with Gasteiger partial charge in [0.2, 0.25) is 5.91 Å². The Morgan fingerprint density at radius 1 is 1.21 bits per heavy atom. The Labute approximate surface area is 147 Å². The van der Waals surface area contributed by atoms with Crippen LogP contribution in [0.25, 0.3) is 6.08 Å². The van der Waals surface area contributed by atoms with E-state index in [1.807, 2.05) is 24.3 Å². The van der Waals surface area contributed by atoms with Crippen molar-refractivity contribution in [2.45, 2.75) is 13.8 Å². The van der Waals surface area contributed by atoms with Crippen LogP contribution in [0, 0.1) is 0 Å². The number of rotatable bonds is 6. The molecule has 24 heavy (non-hydrogen) atoms. The number of amides is 1. The Kier molecular flexibility index (Phi) is 6.57. The van der Waals surface area contributed by atoms with E-state index in [1.54, 1.807) is 24.5 Å². The molecule has 0 radical (unpaired) electrons. The highest BCUT2D eigenvalue weighted by atomic mass is 32.1. The van der Waals surface area contributed by atoms with Gasteiger partial charge in [0.1, 0.15) is 5.76 Å². The third kappa shape index (κ3) is 5.24. The van der Waals surface area contributed by atoms with Crippen molar-refractivity contribution < 1.29 is 9.21 Å². The minimum atomic E-state index is -0.316. The van der Waals surface area contributed by atoms with Gasteiger partial charge < -0.3 is 14.6 Å². The fourth-order valence-electron chi connectivity index (χ4n) is 2.20. The van der Waals surface area contributed by atoms with E-state index >= 15 is 0 Å². The lowest BCUT2D eigenvalue weighted by Crippen LogP contribution is -2.32. The quantitative estimate of drug-likeness (QED) is 0.619. The molecule has 1 aromatic heterocycles. The number of hydrogen-bond acceptors (Lipinski definition) is 4. The molecule has 0 unspecified atom stereocenters. The molecular weight excluding hydrogens is 322 g/mol. The molecule has 126 valence electrons. The molecule has 0 fully saturated rings. The molecule has 2 rings (SSSR count). The van der Waals surface area contributed by atoms with E-state index in [2.05, 4.69) is 29.4 Å². The van der Waals surface area contributed by atoms with E-state index in [1.165, 1.54) is 6.08 Å². The van der Waals surface area contributed by atoms with Crippen molar-refractivity contribution in [2.24, 2.45) is 0 Å². The lowest BCUT2D eigenvalue weighted by Gasteiger charge is -2.21. The van der Waals surface area contributed by atoms with E-state index in [4.69, 9.17) is 16.6 Å². The molecule has 0 aliphatic carbocycles. The Hall–Kier alpha value is -2.60. The predicted octanol–water partition coefficient (Wildman–Crippen LogP) is 3.65. The SMILES string of the molecule is CCN(CC)c1ccc(NC(=S)NC(=O)C=Cc2ccco2)cc1. The first-order chi connectivity index (χ1) is 11.6. The summed E-state index contributed by atoms with van der Waals surface area (Å²) in [7, 11) is 0. The number of carbonyl (C=O) groups excluding carboxylic acids is 1. The number of nitrogens with zero attached hydrogens (tertiary/aromatic N) is 1. The third-order valence-electron chi connectivity index (χ3n) is 3.43. The second-order valence-corrected chi connectivity index (χ2v) is 5.42. The van der Waals surface area contributed by atoms with Crippen LogP contribution in [0.1, 0.15) is 19.6 Å². The van der Waals surface area contributed by atoms with Gasteiger partial charge >= 0.3 is 0 Å². The average Bonchev–Trinajstić information content (AvgIpc) is 3.09. The molecule has 1 amide bonds. The van der Waals surface area contributed by atoms with Gasteiger partial charge in [0.25, 0.3) is 0 Å².